The molecule has 0 amide bonds. The molecule has 1 heteroatoms. The molecule has 1 saturated carbocycles. The summed E-state index contributed by atoms with van der Waals surface area (Å²) in [7, 11) is 0. The Bertz CT molecular complexity index is 341. The molecular formula is C17H27N. The first kappa shape index (κ1) is 13.6. The van der Waals surface area contributed by atoms with Crippen LogP contribution in [0.3, 0.4) is 0 Å². The Morgan fingerprint density at radius 2 is 1.83 bits per heavy atom. The van der Waals surface area contributed by atoms with Crippen LogP contribution in [0.15, 0.2) is 24.3 Å². The smallest absolute Gasteiger partial charge is 0.0205 e. The molecule has 0 aliphatic heterocycles. The van der Waals surface area contributed by atoms with E-state index in [4.69, 9.17) is 0 Å². The lowest BCUT2D eigenvalue weighted by Crippen LogP contribution is -2.23. The molecule has 0 bridgehead atoms. The molecule has 2 atom stereocenters. The molecule has 0 saturated heterocycles. The predicted octanol–water partition coefficient (Wildman–Crippen LogP) is 4.30. The van der Waals surface area contributed by atoms with Gasteiger partial charge in [0.1, 0.15) is 0 Å². The van der Waals surface area contributed by atoms with Crippen LogP contribution < -0.4 is 5.32 Å². The molecule has 1 aliphatic carbocycles. The number of benzene rings is 1. The van der Waals surface area contributed by atoms with E-state index in [0.29, 0.717) is 0 Å². The Morgan fingerprint density at radius 3 is 2.56 bits per heavy atom. The van der Waals surface area contributed by atoms with Crippen molar-refractivity contribution in [2.45, 2.75) is 52.5 Å². The fourth-order valence-electron chi connectivity index (χ4n) is 3.05. The first-order valence-electron chi connectivity index (χ1n) is 7.52. The summed E-state index contributed by atoms with van der Waals surface area (Å²) in [5, 5.41) is 3.59. The van der Waals surface area contributed by atoms with Crippen LogP contribution >= 0.6 is 0 Å². The molecule has 0 aromatic heterocycles. The summed E-state index contributed by atoms with van der Waals surface area (Å²) in [6.45, 7) is 6.76. The molecular weight excluding hydrogens is 218 g/mol. The molecule has 100 valence electrons. The minimum absolute atomic E-state index is 0.944. The highest BCUT2D eigenvalue weighted by molar-refractivity contribution is 5.20. The Balaban J connectivity index is 1.65. The molecule has 2 unspecified atom stereocenters. The van der Waals surface area contributed by atoms with Crippen molar-refractivity contribution < 1.29 is 0 Å². The van der Waals surface area contributed by atoms with Crippen LogP contribution in [0.25, 0.3) is 0 Å². The summed E-state index contributed by atoms with van der Waals surface area (Å²) >= 11 is 0. The maximum atomic E-state index is 3.59. The zero-order valence-corrected chi connectivity index (χ0v) is 11.9. The van der Waals surface area contributed by atoms with E-state index in [-0.39, 0.29) is 0 Å². The number of aryl methyl sites for hydroxylation is 1. The molecule has 1 aromatic rings. The monoisotopic (exact) mass is 245 g/mol. The van der Waals surface area contributed by atoms with Gasteiger partial charge >= 0.3 is 0 Å². The van der Waals surface area contributed by atoms with Gasteiger partial charge < -0.3 is 5.32 Å². The van der Waals surface area contributed by atoms with Crippen molar-refractivity contribution in [2.24, 2.45) is 11.8 Å². The van der Waals surface area contributed by atoms with E-state index in [9.17, 15) is 0 Å². The van der Waals surface area contributed by atoms with Gasteiger partial charge in [0.15, 0.2) is 0 Å². The number of nitrogens with one attached hydrogen (secondary N) is 1. The van der Waals surface area contributed by atoms with Gasteiger partial charge in [-0.05, 0) is 37.3 Å². The van der Waals surface area contributed by atoms with Crippen molar-refractivity contribution in [3.63, 3.8) is 0 Å². The van der Waals surface area contributed by atoms with Gasteiger partial charge in [0.2, 0.25) is 0 Å². The standard InChI is InChI=1S/C17H27N/c1-14-7-9-16(10-8-14)13-18-12-11-17-6-4-3-5-15(17)2/h7-10,15,17-18H,3-6,11-13H2,1-2H3. The normalized spacial score (nSPS) is 24.1. The van der Waals surface area contributed by atoms with Crippen LogP contribution in [-0.2, 0) is 6.54 Å². The second kappa shape index (κ2) is 6.94. The van der Waals surface area contributed by atoms with Crippen molar-refractivity contribution in [1.29, 1.82) is 0 Å². The van der Waals surface area contributed by atoms with Crippen molar-refractivity contribution in [2.75, 3.05) is 6.54 Å². The molecule has 1 nitrogen and oxygen atoms in total. The van der Waals surface area contributed by atoms with Crippen molar-refractivity contribution in [3.8, 4) is 0 Å². The topological polar surface area (TPSA) is 12.0 Å². The Morgan fingerprint density at radius 1 is 1.11 bits per heavy atom. The van der Waals surface area contributed by atoms with Crippen LogP contribution in [0.5, 0.6) is 0 Å². The van der Waals surface area contributed by atoms with Crippen LogP contribution in [0.2, 0.25) is 0 Å². The molecule has 1 N–H and O–H groups in total. The quantitative estimate of drug-likeness (QED) is 0.763. The molecule has 2 rings (SSSR count). The zero-order chi connectivity index (χ0) is 12.8. The average Bonchev–Trinajstić information content (AvgIpc) is 2.39. The average molecular weight is 245 g/mol. The van der Waals surface area contributed by atoms with Gasteiger partial charge in [-0.2, -0.15) is 0 Å². The summed E-state index contributed by atoms with van der Waals surface area (Å²) in [5.74, 6) is 1.91. The SMILES string of the molecule is Cc1ccc(CNCCC2CCCCC2C)cc1. The maximum absolute atomic E-state index is 3.59. The number of hydrogen-bond acceptors (Lipinski definition) is 1. The lowest BCUT2D eigenvalue weighted by molar-refractivity contribution is 0.240. The minimum atomic E-state index is 0.944. The third-order valence-electron chi connectivity index (χ3n) is 4.43. The summed E-state index contributed by atoms with van der Waals surface area (Å²) in [4.78, 5) is 0. The van der Waals surface area contributed by atoms with Crippen molar-refractivity contribution in [3.05, 3.63) is 35.4 Å². The second-order valence-corrected chi connectivity index (χ2v) is 5.97. The highest BCUT2D eigenvalue weighted by atomic mass is 14.8. The van der Waals surface area contributed by atoms with Gasteiger partial charge in [-0.1, -0.05) is 62.4 Å². The lowest BCUT2D eigenvalue weighted by atomic mass is 9.79. The molecule has 1 aliphatic rings. The van der Waals surface area contributed by atoms with Crippen molar-refractivity contribution in [1.82, 2.24) is 5.32 Å². The molecule has 18 heavy (non-hydrogen) atoms. The summed E-state index contributed by atoms with van der Waals surface area (Å²) in [6.07, 6.45) is 7.16. The Kier molecular flexibility index (Phi) is 5.25. The molecule has 1 aromatic carbocycles. The Labute approximate surface area is 112 Å². The molecule has 0 heterocycles. The van der Waals surface area contributed by atoms with E-state index in [1.54, 1.807) is 0 Å². The van der Waals surface area contributed by atoms with E-state index in [1.807, 2.05) is 0 Å². The number of rotatable bonds is 5. The molecule has 0 radical (unpaired) electrons. The van der Waals surface area contributed by atoms with E-state index >= 15 is 0 Å². The van der Waals surface area contributed by atoms with E-state index in [0.717, 1.165) is 18.4 Å². The van der Waals surface area contributed by atoms with Crippen LogP contribution in [0.4, 0.5) is 0 Å². The van der Waals surface area contributed by atoms with Gasteiger partial charge in [-0.3, -0.25) is 0 Å². The van der Waals surface area contributed by atoms with Gasteiger partial charge in [-0.25, -0.2) is 0 Å². The zero-order valence-electron chi connectivity index (χ0n) is 11.9. The third kappa shape index (κ3) is 4.13. The van der Waals surface area contributed by atoms with Crippen LogP contribution in [0.1, 0.15) is 50.2 Å². The maximum Gasteiger partial charge on any atom is 0.0205 e. The van der Waals surface area contributed by atoms with Gasteiger partial charge in [0.25, 0.3) is 0 Å². The summed E-state index contributed by atoms with van der Waals surface area (Å²) in [6, 6.07) is 8.84. The van der Waals surface area contributed by atoms with Gasteiger partial charge in [0, 0.05) is 6.54 Å². The van der Waals surface area contributed by atoms with Gasteiger partial charge in [0.05, 0.1) is 0 Å². The molecule has 1 fully saturated rings. The van der Waals surface area contributed by atoms with Crippen LogP contribution in [-0.4, -0.2) is 6.54 Å². The fourth-order valence-corrected chi connectivity index (χ4v) is 3.05. The predicted molar refractivity (Wildman–Crippen MR) is 78.6 cm³/mol. The van der Waals surface area contributed by atoms with Crippen LogP contribution in [0, 0.1) is 18.8 Å². The first-order valence-corrected chi connectivity index (χ1v) is 7.52. The highest BCUT2D eigenvalue weighted by Crippen LogP contribution is 2.31. The first-order chi connectivity index (χ1) is 8.75. The van der Waals surface area contributed by atoms with E-state index < -0.39 is 0 Å². The fraction of sp³-hybridized carbons (Fsp3) is 0.647. The third-order valence-corrected chi connectivity index (χ3v) is 4.43. The van der Waals surface area contributed by atoms with E-state index in [1.165, 1.54) is 49.8 Å². The van der Waals surface area contributed by atoms with E-state index in [2.05, 4.69) is 43.4 Å². The lowest BCUT2D eigenvalue weighted by Gasteiger charge is -2.28. The van der Waals surface area contributed by atoms with Gasteiger partial charge in [-0.15, -0.1) is 0 Å². The minimum Gasteiger partial charge on any atom is -0.313 e. The largest absolute Gasteiger partial charge is 0.313 e. The summed E-state index contributed by atoms with van der Waals surface area (Å²) < 4.78 is 0. The second-order valence-electron chi connectivity index (χ2n) is 5.97. The summed E-state index contributed by atoms with van der Waals surface area (Å²) in [5.41, 5.74) is 2.74. The molecule has 0 spiro atoms. The Hall–Kier alpha value is -0.820. The highest BCUT2D eigenvalue weighted by Gasteiger charge is 2.20. The number of hydrogen-bond donors (Lipinski definition) is 1. The van der Waals surface area contributed by atoms with Crippen molar-refractivity contribution >= 4 is 0 Å².